The number of halogens is 1. The number of aromatic nitrogens is 4. The Labute approximate surface area is 269 Å². The summed E-state index contributed by atoms with van der Waals surface area (Å²) in [4.78, 5) is 21.3. The number of sulfonamides is 1. The van der Waals surface area contributed by atoms with Crippen molar-refractivity contribution in [2.24, 2.45) is 5.73 Å². The van der Waals surface area contributed by atoms with E-state index in [9.17, 15) is 17.6 Å². The number of nitrogens with zero attached hydrogens (tertiary/aromatic N) is 4. The lowest BCUT2D eigenvalue weighted by Gasteiger charge is -2.21. The van der Waals surface area contributed by atoms with E-state index in [2.05, 4.69) is 39.6 Å². The fourth-order valence-corrected chi connectivity index (χ4v) is 5.85. The Kier molecular flexibility index (Phi) is 11.1. The second-order valence-corrected chi connectivity index (χ2v) is 19.4. The number of nitrogens with one attached hydrogen (secondary N) is 2. The van der Waals surface area contributed by atoms with Crippen molar-refractivity contribution in [2.75, 3.05) is 22.4 Å². The van der Waals surface area contributed by atoms with Crippen LogP contribution in [0.4, 0.5) is 21.7 Å². The summed E-state index contributed by atoms with van der Waals surface area (Å²) in [5.41, 5.74) is 7.55. The van der Waals surface area contributed by atoms with Gasteiger partial charge in [0.2, 0.25) is 10.0 Å². The fourth-order valence-electron chi connectivity index (χ4n) is 4.44. The first-order chi connectivity index (χ1) is 21.8. The van der Waals surface area contributed by atoms with Crippen LogP contribution in [0, 0.1) is 5.82 Å². The molecule has 0 spiro atoms. The van der Waals surface area contributed by atoms with Crippen molar-refractivity contribution in [3.63, 3.8) is 0 Å². The maximum absolute atomic E-state index is 13.7. The molecule has 0 bridgehead atoms. The van der Waals surface area contributed by atoms with Crippen molar-refractivity contribution >= 4 is 41.3 Å². The van der Waals surface area contributed by atoms with Crippen molar-refractivity contribution in [3.8, 4) is 17.0 Å². The van der Waals surface area contributed by atoms with E-state index in [0.717, 1.165) is 6.04 Å². The highest BCUT2D eigenvalue weighted by molar-refractivity contribution is 7.92. The number of benzene rings is 2. The highest BCUT2D eigenvalue weighted by Gasteiger charge is 2.26. The number of carbonyl (C=O) groups excluding carboxylic acids is 1. The molecule has 1 atom stereocenters. The van der Waals surface area contributed by atoms with Crippen molar-refractivity contribution in [2.45, 2.75) is 58.8 Å². The number of primary amides is 1. The SMILES string of the molecule is CCC(Oc1cc(-c2nn(COCC[Si](C)(C)C)c(Nc3cnccn3)c2C(N)=O)ccc1NS(=O)(=O)CC)c1ccc(F)cc1. The number of hydrogen-bond acceptors (Lipinski definition) is 9. The van der Waals surface area contributed by atoms with Gasteiger partial charge in [0.05, 0.1) is 17.6 Å². The summed E-state index contributed by atoms with van der Waals surface area (Å²) < 4.78 is 55.2. The Balaban J connectivity index is 1.82. The number of ether oxygens (including phenoxy) is 2. The molecule has 1 unspecified atom stereocenters. The largest absolute Gasteiger partial charge is 0.484 e. The molecule has 46 heavy (non-hydrogen) atoms. The van der Waals surface area contributed by atoms with Crippen molar-refractivity contribution < 1.29 is 27.1 Å². The normalized spacial score (nSPS) is 12.5. The number of nitrogens with two attached hydrogens (primary N) is 1. The second-order valence-electron chi connectivity index (χ2n) is 11.8. The van der Waals surface area contributed by atoms with Gasteiger partial charge in [0, 0.05) is 32.6 Å². The van der Waals surface area contributed by atoms with Gasteiger partial charge in [0.15, 0.2) is 0 Å². The molecule has 246 valence electrons. The van der Waals surface area contributed by atoms with E-state index in [1.165, 1.54) is 42.3 Å². The van der Waals surface area contributed by atoms with E-state index < -0.39 is 30.1 Å². The number of amides is 1. The molecule has 0 aliphatic carbocycles. The maximum atomic E-state index is 13.7. The Hall–Kier alpha value is -4.34. The van der Waals surface area contributed by atoms with Gasteiger partial charge in [-0.2, -0.15) is 5.10 Å². The smallest absolute Gasteiger partial charge is 0.254 e. The third kappa shape index (κ3) is 9.11. The van der Waals surface area contributed by atoms with Crippen LogP contribution in [0.5, 0.6) is 5.75 Å². The first-order valence-corrected chi connectivity index (χ1v) is 20.2. The molecule has 4 rings (SSSR count). The molecule has 2 aromatic heterocycles. The summed E-state index contributed by atoms with van der Waals surface area (Å²) in [7, 11) is -5.04. The summed E-state index contributed by atoms with van der Waals surface area (Å²) in [5.74, 6) is -0.502. The van der Waals surface area contributed by atoms with Gasteiger partial charge in [0.1, 0.15) is 47.3 Å². The summed E-state index contributed by atoms with van der Waals surface area (Å²) in [5, 5.41) is 7.82. The Bertz CT molecular complexity index is 1750. The molecule has 12 nitrogen and oxygen atoms in total. The molecular formula is C31H40FN7O5SSi. The summed E-state index contributed by atoms with van der Waals surface area (Å²) in [6, 6.07) is 11.6. The molecule has 0 fully saturated rings. The molecular weight excluding hydrogens is 630 g/mol. The quantitative estimate of drug-likeness (QED) is 0.0970. The zero-order valence-corrected chi connectivity index (χ0v) is 28.4. The minimum absolute atomic E-state index is 0.0214. The van der Waals surface area contributed by atoms with Crippen LogP contribution in [0.15, 0.2) is 61.1 Å². The summed E-state index contributed by atoms with van der Waals surface area (Å²) in [6.45, 7) is 10.7. The lowest BCUT2D eigenvalue weighted by molar-refractivity contribution is 0.0802. The minimum Gasteiger partial charge on any atom is -0.484 e. The van der Waals surface area contributed by atoms with Crippen molar-refractivity contribution in [1.82, 2.24) is 19.7 Å². The third-order valence-electron chi connectivity index (χ3n) is 7.00. The summed E-state index contributed by atoms with van der Waals surface area (Å²) in [6.07, 6.45) is 4.48. The van der Waals surface area contributed by atoms with Crippen LogP contribution in [-0.2, 0) is 21.5 Å². The van der Waals surface area contributed by atoms with Crippen molar-refractivity contribution in [3.05, 3.63) is 78.0 Å². The van der Waals surface area contributed by atoms with Crippen LogP contribution in [0.3, 0.4) is 0 Å². The molecule has 0 saturated heterocycles. The predicted octanol–water partition coefficient (Wildman–Crippen LogP) is 5.93. The van der Waals surface area contributed by atoms with Gasteiger partial charge in [-0.15, -0.1) is 0 Å². The van der Waals surface area contributed by atoms with Gasteiger partial charge >= 0.3 is 0 Å². The second kappa shape index (κ2) is 14.8. The topological polar surface area (TPSA) is 163 Å². The van der Waals surface area contributed by atoms with Crippen LogP contribution in [-0.4, -0.2) is 54.5 Å². The van der Waals surface area contributed by atoms with Gasteiger partial charge in [-0.3, -0.25) is 14.5 Å². The van der Waals surface area contributed by atoms with E-state index in [0.29, 0.717) is 30.0 Å². The fraction of sp³-hybridized carbons (Fsp3) is 0.355. The highest BCUT2D eigenvalue weighted by Crippen LogP contribution is 2.38. The molecule has 0 aliphatic rings. The zero-order valence-electron chi connectivity index (χ0n) is 26.6. The van der Waals surface area contributed by atoms with Crippen molar-refractivity contribution in [1.29, 1.82) is 0 Å². The number of rotatable bonds is 16. The van der Waals surface area contributed by atoms with Crippen LogP contribution in [0.1, 0.15) is 42.3 Å². The Morgan fingerprint density at radius 2 is 1.85 bits per heavy atom. The average Bonchev–Trinajstić information content (AvgIpc) is 3.37. The van der Waals surface area contributed by atoms with E-state index >= 15 is 0 Å². The standard InChI is InChI=1S/C31H40FN7O5SSi/c1-6-25(21-8-11-23(32)12-9-21)44-26-18-22(10-13-24(26)38-45(41,42)7-2)29-28(30(33)40)31(36-27-19-34-14-15-35-27)39(37-29)20-43-16-17-46(3,4)5/h8-15,18-19,25,38H,6-7,16-17,20H2,1-5H3,(H2,33,40)(H,35,36). The molecule has 0 aliphatic heterocycles. The van der Waals surface area contributed by atoms with E-state index in [4.69, 9.17) is 20.3 Å². The number of carbonyl (C=O) groups is 1. The van der Waals surface area contributed by atoms with Gasteiger partial charge in [-0.05, 0) is 49.2 Å². The molecule has 1 amide bonds. The first-order valence-electron chi connectivity index (χ1n) is 14.9. The van der Waals surface area contributed by atoms with E-state index in [-0.39, 0.29) is 46.8 Å². The minimum atomic E-state index is -3.68. The molecule has 15 heteroatoms. The first kappa shape index (κ1) is 34.5. The monoisotopic (exact) mass is 669 g/mol. The molecule has 0 saturated carbocycles. The third-order valence-corrected chi connectivity index (χ3v) is 10.00. The van der Waals surface area contributed by atoms with Gasteiger partial charge < -0.3 is 20.5 Å². The Morgan fingerprint density at radius 1 is 1.11 bits per heavy atom. The molecule has 2 aromatic carbocycles. The summed E-state index contributed by atoms with van der Waals surface area (Å²) >= 11 is 0. The lowest BCUT2D eigenvalue weighted by Crippen LogP contribution is -2.22. The number of anilines is 3. The predicted molar refractivity (Wildman–Crippen MR) is 179 cm³/mol. The molecule has 4 aromatic rings. The van der Waals surface area contributed by atoms with Gasteiger partial charge in [-0.25, -0.2) is 22.5 Å². The van der Waals surface area contributed by atoms with Crippen LogP contribution < -0.4 is 20.5 Å². The highest BCUT2D eigenvalue weighted by atomic mass is 32.2. The van der Waals surface area contributed by atoms with Gasteiger partial charge in [-0.1, -0.05) is 44.8 Å². The van der Waals surface area contributed by atoms with E-state index in [1.807, 2.05) is 6.92 Å². The van der Waals surface area contributed by atoms with Crippen LogP contribution >= 0.6 is 0 Å². The van der Waals surface area contributed by atoms with E-state index in [1.54, 1.807) is 30.3 Å². The lowest BCUT2D eigenvalue weighted by atomic mass is 10.0. The van der Waals surface area contributed by atoms with Gasteiger partial charge in [0.25, 0.3) is 5.91 Å². The Morgan fingerprint density at radius 3 is 2.46 bits per heavy atom. The zero-order chi connectivity index (χ0) is 33.5. The average molecular weight is 670 g/mol. The number of hydrogen-bond donors (Lipinski definition) is 3. The molecule has 0 radical (unpaired) electrons. The van der Waals surface area contributed by atoms with Crippen LogP contribution in [0.2, 0.25) is 25.7 Å². The van der Waals surface area contributed by atoms with Crippen LogP contribution in [0.25, 0.3) is 11.3 Å². The maximum Gasteiger partial charge on any atom is 0.254 e. The molecule has 4 N–H and O–H groups in total. The molecule has 2 heterocycles.